The van der Waals surface area contributed by atoms with E-state index in [0.717, 1.165) is 11.1 Å². The van der Waals surface area contributed by atoms with Gasteiger partial charge >= 0.3 is 0 Å². The molecular weight excluding hydrogens is 532 g/mol. The fraction of sp³-hybridized carbons (Fsp3) is 0.562. The van der Waals surface area contributed by atoms with Gasteiger partial charge in [-0.15, -0.1) is 0 Å². The second-order valence-electron chi connectivity index (χ2n) is 12.4. The molecule has 2 fully saturated rings. The summed E-state index contributed by atoms with van der Waals surface area (Å²) >= 11 is 6.02. The van der Waals surface area contributed by atoms with Crippen molar-refractivity contribution < 1.29 is 18.4 Å². The molecule has 8 heteroatoms. The van der Waals surface area contributed by atoms with Crippen molar-refractivity contribution >= 4 is 23.4 Å². The highest BCUT2D eigenvalue weighted by Gasteiger charge is 2.44. The van der Waals surface area contributed by atoms with Crippen molar-refractivity contribution in [3.05, 3.63) is 69.2 Å². The summed E-state index contributed by atoms with van der Waals surface area (Å²) in [6.07, 6.45) is 2.10. The number of halogens is 3. The van der Waals surface area contributed by atoms with Crippen LogP contribution in [0.4, 0.5) is 8.78 Å². The molecule has 0 radical (unpaired) electrons. The molecule has 2 amide bonds. The molecular formula is C32H42ClF2N3O2. The van der Waals surface area contributed by atoms with Gasteiger partial charge in [-0.2, -0.15) is 0 Å². The van der Waals surface area contributed by atoms with Crippen molar-refractivity contribution in [3.63, 3.8) is 0 Å². The lowest BCUT2D eigenvalue weighted by atomic mass is 9.82. The zero-order valence-corrected chi connectivity index (χ0v) is 25.2. The van der Waals surface area contributed by atoms with E-state index >= 15 is 4.39 Å². The molecule has 3 unspecified atom stereocenters. The minimum absolute atomic E-state index is 0.0459. The van der Waals surface area contributed by atoms with Crippen LogP contribution in [-0.4, -0.2) is 53.3 Å². The summed E-state index contributed by atoms with van der Waals surface area (Å²) in [6.45, 7) is 13.9. The van der Waals surface area contributed by atoms with Gasteiger partial charge in [0.15, 0.2) is 0 Å². The molecule has 0 spiro atoms. The number of hydrogen-bond donors (Lipinski definition) is 1. The van der Waals surface area contributed by atoms with Gasteiger partial charge in [0.1, 0.15) is 11.6 Å². The number of nitrogens with one attached hydrogen (secondary N) is 1. The van der Waals surface area contributed by atoms with Gasteiger partial charge in [0.05, 0.1) is 12.0 Å². The predicted octanol–water partition coefficient (Wildman–Crippen LogP) is 6.73. The normalized spacial score (nSPS) is 21.5. The van der Waals surface area contributed by atoms with Crippen molar-refractivity contribution in [2.45, 2.75) is 84.2 Å². The number of aryl methyl sites for hydroxylation is 1. The molecule has 2 heterocycles. The Hall–Kier alpha value is -2.51. The number of amides is 2. The summed E-state index contributed by atoms with van der Waals surface area (Å²) in [4.78, 5) is 30.0. The Bertz CT molecular complexity index is 1250. The lowest BCUT2D eigenvalue weighted by molar-refractivity contribution is -0.136. The summed E-state index contributed by atoms with van der Waals surface area (Å²) in [5.74, 6) is -1.24. The highest BCUT2D eigenvalue weighted by Crippen LogP contribution is 2.41. The van der Waals surface area contributed by atoms with Gasteiger partial charge in [-0.05, 0) is 93.3 Å². The van der Waals surface area contributed by atoms with Gasteiger partial charge in [0.25, 0.3) is 0 Å². The standard InChI is InChI=1S/C32H42ClF2N3O2/c1-7-30(36-20(3)39)25-14-19(2)28(34)16-24(25)21-10-12-37(13-11-21)31(40)27-18-38(32(4,5)6)17-26(27)23-9-8-22(33)15-29(23)35/h8-9,14-16,21,26-27,30H,7,10-13,17-18H2,1-6H3,(H,36,39). The number of benzene rings is 2. The number of carbonyl (C=O) groups excluding carboxylic acids is 2. The molecule has 40 heavy (non-hydrogen) atoms. The minimum atomic E-state index is -0.372. The van der Waals surface area contributed by atoms with Crippen molar-refractivity contribution in [2.75, 3.05) is 26.2 Å². The lowest BCUT2D eigenvalue weighted by Crippen LogP contribution is -2.44. The average molecular weight is 574 g/mol. The van der Waals surface area contributed by atoms with Crippen molar-refractivity contribution in [2.24, 2.45) is 5.92 Å². The number of piperidine rings is 1. The van der Waals surface area contributed by atoms with Crippen LogP contribution in [-0.2, 0) is 9.59 Å². The molecule has 218 valence electrons. The van der Waals surface area contributed by atoms with E-state index in [0.29, 0.717) is 61.6 Å². The van der Waals surface area contributed by atoms with Crippen LogP contribution in [0.2, 0.25) is 5.02 Å². The maximum Gasteiger partial charge on any atom is 0.227 e. The van der Waals surface area contributed by atoms with Crippen molar-refractivity contribution in [3.8, 4) is 0 Å². The number of carbonyl (C=O) groups is 2. The average Bonchev–Trinajstić information content (AvgIpc) is 3.34. The van der Waals surface area contributed by atoms with Crippen LogP contribution in [0.3, 0.4) is 0 Å². The SMILES string of the molecule is CCC(NC(C)=O)c1cc(C)c(F)cc1C1CCN(C(=O)C2CN(C(C)(C)C)CC2c2ccc(Cl)cc2F)CC1. The van der Waals surface area contributed by atoms with Crippen LogP contribution in [0.25, 0.3) is 0 Å². The fourth-order valence-corrected chi connectivity index (χ4v) is 6.54. The molecule has 0 saturated carbocycles. The molecule has 0 aromatic heterocycles. The first-order chi connectivity index (χ1) is 18.8. The molecule has 2 aliphatic rings. The van der Waals surface area contributed by atoms with Crippen molar-refractivity contribution in [1.82, 2.24) is 15.1 Å². The van der Waals surface area contributed by atoms with Crippen LogP contribution in [0.1, 0.15) is 94.0 Å². The van der Waals surface area contributed by atoms with Gasteiger partial charge in [0, 0.05) is 49.6 Å². The third-order valence-corrected chi connectivity index (χ3v) is 8.95. The number of hydrogen-bond acceptors (Lipinski definition) is 3. The molecule has 5 nitrogen and oxygen atoms in total. The number of rotatable bonds is 6. The summed E-state index contributed by atoms with van der Waals surface area (Å²) in [6, 6.07) is 8.02. The predicted molar refractivity (Wildman–Crippen MR) is 156 cm³/mol. The molecule has 2 aromatic rings. The summed E-state index contributed by atoms with van der Waals surface area (Å²) in [7, 11) is 0. The molecule has 3 atom stereocenters. The van der Waals surface area contributed by atoms with Gasteiger partial charge < -0.3 is 10.2 Å². The summed E-state index contributed by atoms with van der Waals surface area (Å²) < 4.78 is 29.8. The molecule has 0 aliphatic carbocycles. The van der Waals surface area contributed by atoms with E-state index in [1.165, 1.54) is 13.0 Å². The maximum atomic E-state index is 15.0. The molecule has 0 bridgehead atoms. The Morgan fingerprint density at radius 1 is 1.05 bits per heavy atom. The summed E-state index contributed by atoms with van der Waals surface area (Å²) in [5, 5.41) is 3.35. The van der Waals surface area contributed by atoms with Crippen LogP contribution in [0.15, 0.2) is 30.3 Å². The highest BCUT2D eigenvalue weighted by molar-refractivity contribution is 6.30. The smallest absolute Gasteiger partial charge is 0.227 e. The van der Waals surface area contributed by atoms with Gasteiger partial charge in [-0.3, -0.25) is 14.5 Å². The Balaban J connectivity index is 1.55. The number of likely N-dealkylation sites (tertiary alicyclic amines) is 2. The van der Waals surface area contributed by atoms with Gasteiger partial charge in [-0.25, -0.2) is 8.78 Å². The van der Waals surface area contributed by atoms with Gasteiger partial charge in [-0.1, -0.05) is 30.7 Å². The van der Waals surface area contributed by atoms with E-state index in [9.17, 15) is 14.0 Å². The fourth-order valence-electron chi connectivity index (χ4n) is 6.38. The first-order valence-corrected chi connectivity index (χ1v) is 14.7. The van der Waals surface area contributed by atoms with Crippen LogP contribution < -0.4 is 5.32 Å². The van der Waals surface area contributed by atoms with E-state index in [2.05, 4.69) is 31.0 Å². The second kappa shape index (κ2) is 12.2. The largest absolute Gasteiger partial charge is 0.350 e. The Morgan fingerprint density at radius 3 is 2.30 bits per heavy atom. The maximum absolute atomic E-state index is 15.0. The first-order valence-electron chi connectivity index (χ1n) is 14.4. The molecule has 2 aliphatic heterocycles. The van der Waals surface area contributed by atoms with Gasteiger partial charge in [0.2, 0.25) is 11.8 Å². The monoisotopic (exact) mass is 573 g/mol. The van der Waals surface area contributed by atoms with E-state index in [4.69, 9.17) is 11.6 Å². The Labute approximate surface area is 242 Å². The van der Waals surface area contributed by atoms with Crippen LogP contribution in [0, 0.1) is 24.5 Å². The Kier molecular flexibility index (Phi) is 9.25. The lowest BCUT2D eigenvalue weighted by Gasteiger charge is -2.36. The van der Waals surface area contributed by atoms with E-state index in [1.54, 1.807) is 25.1 Å². The third-order valence-electron chi connectivity index (χ3n) is 8.72. The molecule has 2 saturated heterocycles. The molecule has 2 aromatic carbocycles. The zero-order chi connectivity index (χ0) is 29.4. The van der Waals surface area contributed by atoms with E-state index < -0.39 is 0 Å². The first kappa shape index (κ1) is 30.4. The topological polar surface area (TPSA) is 52.7 Å². The number of nitrogens with zero attached hydrogens (tertiary/aromatic N) is 2. The quantitative estimate of drug-likeness (QED) is 0.417. The van der Waals surface area contributed by atoms with E-state index in [1.807, 2.05) is 17.9 Å². The van der Waals surface area contributed by atoms with Crippen LogP contribution in [0.5, 0.6) is 0 Å². The third kappa shape index (κ3) is 6.52. The minimum Gasteiger partial charge on any atom is -0.350 e. The summed E-state index contributed by atoms with van der Waals surface area (Å²) in [5.41, 5.74) is 2.81. The Morgan fingerprint density at radius 2 is 1.73 bits per heavy atom. The van der Waals surface area contributed by atoms with Crippen LogP contribution >= 0.6 is 11.6 Å². The van der Waals surface area contributed by atoms with E-state index in [-0.39, 0.29) is 52.8 Å². The van der Waals surface area contributed by atoms with Crippen molar-refractivity contribution in [1.29, 1.82) is 0 Å². The molecule has 4 rings (SSSR count). The zero-order valence-electron chi connectivity index (χ0n) is 24.5. The highest BCUT2D eigenvalue weighted by atomic mass is 35.5. The molecule has 1 N–H and O–H groups in total. The second-order valence-corrected chi connectivity index (χ2v) is 12.9.